The van der Waals surface area contributed by atoms with Crippen LogP contribution in [0.3, 0.4) is 0 Å². The number of nitro benzene ring substituents is 1. The Bertz CT molecular complexity index is 845. The summed E-state index contributed by atoms with van der Waals surface area (Å²) in [5.41, 5.74) is 2.48. The second-order valence-electron chi connectivity index (χ2n) is 4.64. The van der Waals surface area contributed by atoms with Gasteiger partial charge in [-0.15, -0.1) is 0 Å². The van der Waals surface area contributed by atoms with Crippen molar-refractivity contribution in [2.24, 2.45) is 0 Å². The van der Waals surface area contributed by atoms with E-state index in [1.54, 1.807) is 5.43 Å². The zero-order chi connectivity index (χ0) is 18.6. The van der Waals surface area contributed by atoms with Crippen LogP contribution < -0.4 is 10.9 Å². The summed E-state index contributed by atoms with van der Waals surface area (Å²) in [5.74, 6) is -7.61. The maximum absolute atomic E-state index is 13.4. The van der Waals surface area contributed by atoms with Gasteiger partial charge >= 0.3 is 0 Å². The molecular formula is C15H9F4N3O3. The first-order chi connectivity index (χ1) is 11.8. The third-order valence-corrected chi connectivity index (χ3v) is 2.93. The molecule has 0 aliphatic carbocycles. The van der Waals surface area contributed by atoms with Gasteiger partial charge in [0.2, 0.25) is 0 Å². The predicted octanol–water partition coefficient (Wildman–Crippen LogP) is 3.31. The van der Waals surface area contributed by atoms with Crippen molar-refractivity contribution in [3.8, 4) is 0 Å². The van der Waals surface area contributed by atoms with Crippen molar-refractivity contribution in [3.63, 3.8) is 0 Å². The van der Waals surface area contributed by atoms with E-state index in [0.717, 1.165) is 6.08 Å². The summed E-state index contributed by atoms with van der Waals surface area (Å²) < 4.78 is 52.8. The summed E-state index contributed by atoms with van der Waals surface area (Å²) in [4.78, 5) is 21.6. The highest BCUT2D eigenvalue weighted by atomic mass is 19.2. The number of carbonyl (C=O) groups is 1. The van der Waals surface area contributed by atoms with Crippen LogP contribution in [0.15, 0.2) is 36.4 Å². The Morgan fingerprint density at radius 2 is 1.72 bits per heavy atom. The van der Waals surface area contributed by atoms with Crippen molar-refractivity contribution in [2.45, 2.75) is 0 Å². The molecular weight excluding hydrogens is 346 g/mol. The van der Waals surface area contributed by atoms with Crippen molar-refractivity contribution >= 4 is 23.4 Å². The van der Waals surface area contributed by atoms with Gasteiger partial charge in [-0.05, 0) is 11.6 Å². The molecule has 0 aliphatic rings. The van der Waals surface area contributed by atoms with Gasteiger partial charge in [0.05, 0.1) is 4.92 Å². The number of carbonyl (C=O) groups excluding carboxylic acids is 1. The summed E-state index contributed by atoms with van der Waals surface area (Å²) >= 11 is 0. The zero-order valence-electron chi connectivity index (χ0n) is 12.2. The number of rotatable bonds is 5. The van der Waals surface area contributed by atoms with Gasteiger partial charge in [0, 0.05) is 24.3 Å². The highest BCUT2D eigenvalue weighted by Crippen LogP contribution is 2.23. The van der Waals surface area contributed by atoms with Crippen LogP contribution in [0.4, 0.5) is 28.9 Å². The van der Waals surface area contributed by atoms with Crippen LogP contribution in [-0.2, 0) is 4.79 Å². The molecule has 6 nitrogen and oxygen atoms in total. The molecule has 0 spiro atoms. The van der Waals surface area contributed by atoms with Gasteiger partial charge < -0.3 is 0 Å². The van der Waals surface area contributed by atoms with Crippen LogP contribution in [0, 0.1) is 33.4 Å². The second kappa shape index (κ2) is 7.43. The number of hydrogen-bond acceptors (Lipinski definition) is 4. The van der Waals surface area contributed by atoms with Crippen LogP contribution in [0.5, 0.6) is 0 Å². The van der Waals surface area contributed by atoms with E-state index in [1.165, 1.54) is 30.3 Å². The van der Waals surface area contributed by atoms with Crippen LogP contribution in [0.2, 0.25) is 0 Å². The predicted molar refractivity (Wildman–Crippen MR) is 80.2 cm³/mol. The number of halogens is 4. The van der Waals surface area contributed by atoms with E-state index >= 15 is 0 Å². The lowest BCUT2D eigenvalue weighted by Gasteiger charge is -2.09. The highest BCUT2D eigenvalue weighted by Gasteiger charge is 2.19. The van der Waals surface area contributed by atoms with Crippen LogP contribution in [-0.4, -0.2) is 10.8 Å². The quantitative estimate of drug-likeness (QED) is 0.283. The van der Waals surface area contributed by atoms with Crippen molar-refractivity contribution in [2.75, 3.05) is 5.43 Å². The van der Waals surface area contributed by atoms with E-state index in [-0.39, 0.29) is 11.8 Å². The molecule has 10 heteroatoms. The Balaban J connectivity index is 2.07. The summed E-state index contributed by atoms with van der Waals surface area (Å²) in [5, 5.41) is 10.6. The third-order valence-electron chi connectivity index (χ3n) is 2.93. The fraction of sp³-hybridized carbons (Fsp3) is 0. The zero-order valence-corrected chi connectivity index (χ0v) is 12.2. The number of nitro groups is 1. The standard InChI is InChI=1S/C15H9F4N3O3/c16-10-7-11(17)14(19)15(13(10)18)21-20-12(23)5-4-8-2-1-3-9(6-8)22(24)25/h1-7,21H,(H,20,23)/b5-4+. The van der Waals surface area contributed by atoms with E-state index in [4.69, 9.17) is 0 Å². The van der Waals surface area contributed by atoms with E-state index in [2.05, 4.69) is 0 Å². The van der Waals surface area contributed by atoms with Gasteiger partial charge in [-0.2, -0.15) is 0 Å². The third kappa shape index (κ3) is 4.31. The van der Waals surface area contributed by atoms with Gasteiger partial charge in [0.25, 0.3) is 11.6 Å². The molecule has 0 heterocycles. The van der Waals surface area contributed by atoms with E-state index in [9.17, 15) is 32.5 Å². The molecule has 2 N–H and O–H groups in total. The van der Waals surface area contributed by atoms with Crippen molar-refractivity contribution < 1.29 is 27.3 Å². The molecule has 2 aromatic carbocycles. The Morgan fingerprint density at radius 3 is 2.32 bits per heavy atom. The maximum Gasteiger partial charge on any atom is 0.270 e. The molecule has 0 bridgehead atoms. The number of non-ortho nitro benzene ring substituents is 1. The number of benzene rings is 2. The topological polar surface area (TPSA) is 84.3 Å². The molecule has 0 fully saturated rings. The fourth-order valence-corrected chi connectivity index (χ4v) is 1.76. The van der Waals surface area contributed by atoms with E-state index < -0.39 is 39.8 Å². The van der Waals surface area contributed by atoms with Crippen LogP contribution >= 0.6 is 0 Å². The minimum absolute atomic E-state index is 0.0277. The van der Waals surface area contributed by atoms with E-state index in [0.29, 0.717) is 5.56 Å². The van der Waals surface area contributed by atoms with Gasteiger partial charge in [-0.25, -0.2) is 17.6 Å². The summed E-state index contributed by atoms with van der Waals surface area (Å²) in [6.07, 6.45) is 2.10. The van der Waals surface area contributed by atoms with Crippen LogP contribution in [0.25, 0.3) is 6.08 Å². The van der Waals surface area contributed by atoms with Crippen molar-refractivity contribution in [3.05, 3.63) is 75.4 Å². The molecule has 0 aromatic heterocycles. The fourth-order valence-electron chi connectivity index (χ4n) is 1.76. The van der Waals surface area contributed by atoms with Crippen molar-refractivity contribution in [1.82, 2.24) is 5.43 Å². The molecule has 0 unspecified atom stereocenters. The lowest BCUT2D eigenvalue weighted by Crippen LogP contribution is -2.29. The molecule has 0 atom stereocenters. The molecule has 2 rings (SSSR count). The number of nitrogens with one attached hydrogen (secondary N) is 2. The minimum Gasteiger partial charge on any atom is -0.293 e. The summed E-state index contributed by atoms with van der Waals surface area (Å²) in [7, 11) is 0. The Morgan fingerprint density at radius 1 is 1.08 bits per heavy atom. The van der Waals surface area contributed by atoms with E-state index in [1.807, 2.05) is 5.43 Å². The van der Waals surface area contributed by atoms with Gasteiger partial charge in [0.15, 0.2) is 23.3 Å². The Labute approximate surface area is 137 Å². The molecule has 0 saturated heterocycles. The van der Waals surface area contributed by atoms with Crippen molar-refractivity contribution in [1.29, 1.82) is 0 Å². The molecule has 1 amide bonds. The molecule has 0 saturated carbocycles. The number of anilines is 1. The lowest BCUT2D eigenvalue weighted by atomic mass is 10.2. The summed E-state index contributed by atoms with van der Waals surface area (Å²) in [6, 6.07) is 5.35. The van der Waals surface area contributed by atoms with Gasteiger partial charge in [-0.3, -0.25) is 25.8 Å². The molecule has 130 valence electrons. The minimum atomic E-state index is -1.71. The molecule has 0 aliphatic heterocycles. The van der Waals surface area contributed by atoms with Crippen LogP contribution in [0.1, 0.15) is 5.56 Å². The highest BCUT2D eigenvalue weighted by molar-refractivity contribution is 5.92. The average molecular weight is 355 g/mol. The molecule has 0 radical (unpaired) electrons. The monoisotopic (exact) mass is 355 g/mol. The lowest BCUT2D eigenvalue weighted by molar-refractivity contribution is -0.384. The first-order valence-electron chi connectivity index (χ1n) is 6.61. The number of hydrazine groups is 1. The molecule has 25 heavy (non-hydrogen) atoms. The Hall–Kier alpha value is -3.43. The van der Waals surface area contributed by atoms with Gasteiger partial charge in [-0.1, -0.05) is 12.1 Å². The molecule has 2 aromatic rings. The SMILES string of the molecule is O=C(/C=C/c1cccc([N+](=O)[O-])c1)NNc1c(F)c(F)cc(F)c1F. The largest absolute Gasteiger partial charge is 0.293 e. The normalized spacial score (nSPS) is 10.7. The number of hydrogen-bond donors (Lipinski definition) is 2. The first kappa shape index (κ1) is 17.9. The maximum atomic E-state index is 13.4. The Kier molecular flexibility index (Phi) is 5.32. The van der Waals surface area contributed by atoms with Gasteiger partial charge in [0.1, 0.15) is 5.69 Å². The number of nitrogens with zero attached hydrogens (tertiary/aromatic N) is 1. The average Bonchev–Trinajstić information content (AvgIpc) is 2.58. The first-order valence-corrected chi connectivity index (χ1v) is 6.61. The second-order valence-corrected chi connectivity index (χ2v) is 4.64. The smallest absolute Gasteiger partial charge is 0.270 e. The summed E-state index contributed by atoms with van der Waals surface area (Å²) in [6.45, 7) is 0. The number of amides is 1.